The molecule has 33 heavy (non-hydrogen) atoms. The van der Waals surface area contributed by atoms with Crippen LogP contribution in [-0.2, 0) is 16.0 Å². The summed E-state index contributed by atoms with van der Waals surface area (Å²) >= 11 is 21.7. The summed E-state index contributed by atoms with van der Waals surface area (Å²) in [4.78, 5) is 39.1. The third-order valence-electron chi connectivity index (χ3n) is 5.01. The number of anilines is 1. The van der Waals surface area contributed by atoms with Crippen molar-refractivity contribution in [1.82, 2.24) is 5.32 Å². The molecule has 0 unspecified atom stereocenters. The van der Waals surface area contributed by atoms with Crippen molar-refractivity contribution in [2.45, 2.75) is 6.42 Å². The van der Waals surface area contributed by atoms with Crippen LogP contribution in [0.2, 0.25) is 15.1 Å². The molecule has 0 aromatic heterocycles. The van der Waals surface area contributed by atoms with Crippen molar-refractivity contribution < 1.29 is 14.4 Å². The van der Waals surface area contributed by atoms with Gasteiger partial charge in [-0.1, -0.05) is 75.0 Å². The van der Waals surface area contributed by atoms with Gasteiger partial charge in [0, 0.05) is 9.50 Å². The fourth-order valence-electron chi connectivity index (χ4n) is 3.38. The number of benzene rings is 3. The van der Waals surface area contributed by atoms with E-state index in [4.69, 9.17) is 34.8 Å². The van der Waals surface area contributed by atoms with Crippen LogP contribution in [0.4, 0.5) is 10.5 Å². The molecule has 5 nitrogen and oxygen atoms in total. The van der Waals surface area contributed by atoms with Crippen molar-refractivity contribution >= 4 is 80.3 Å². The van der Waals surface area contributed by atoms with Crippen molar-refractivity contribution in [3.05, 3.63) is 102 Å². The Balaban J connectivity index is 1.76. The summed E-state index contributed by atoms with van der Waals surface area (Å²) < 4.78 is 0.762. The SMILES string of the molecule is O=C1NC(=O)N(c2ccc(Cl)c(Cl)c2)C(=O)/C1=C/c1cc(Br)ccc1Cc1ccccc1Cl. The van der Waals surface area contributed by atoms with Crippen molar-refractivity contribution in [1.29, 1.82) is 0 Å². The molecule has 1 heterocycles. The zero-order valence-electron chi connectivity index (χ0n) is 16.7. The first kappa shape index (κ1) is 23.5. The number of hydrogen-bond donors (Lipinski definition) is 1. The molecule has 4 amide bonds. The maximum Gasteiger partial charge on any atom is 0.335 e. The van der Waals surface area contributed by atoms with E-state index in [0.29, 0.717) is 17.0 Å². The normalized spacial score (nSPS) is 15.2. The van der Waals surface area contributed by atoms with E-state index in [2.05, 4.69) is 21.2 Å². The van der Waals surface area contributed by atoms with Gasteiger partial charge in [0.1, 0.15) is 5.57 Å². The average molecular weight is 565 g/mol. The molecule has 1 N–H and O–H groups in total. The third kappa shape index (κ3) is 4.99. The molecule has 3 aromatic carbocycles. The number of carbonyl (C=O) groups excluding carboxylic acids is 3. The first-order chi connectivity index (χ1) is 15.7. The molecule has 9 heteroatoms. The molecule has 3 aromatic rings. The first-order valence-corrected chi connectivity index (χ1v) is 11.6. The van der Waals surface area contributed by atoms with Crippen LogP contribution in [0.3, 0.4) is 0 Å². The Bertz CT molecular complexity index is 1340. The highest BCUT2D eigenvalue weighted by atomic mass is 79.9. The number of hydrogen-bond acceptors (Lipinski definition) is 3. The Morgan fingerprint density at radius 1 is 0.848 bits per heavy atom. The smallest absolute Gasteiger partial charge is 0.273 e. The fraction of sp³-hybridized carbons (Fsp3) is 0.0417. The van der Waals surface area contributed by atoms with E-state index in [1.54, 1.807) is 12.1 Å². The minimum Gasteiger partial charge on any atom is -0.273 e. The van der Waals surface area contributed by atoms with Gasteiger partial charge in [0.05, 0.1) is 15.7 Å². The predicted octanol–water partition coefficient (Wildman–Crippen LogP) is 6.67. The molecule has 0 atom stereocenters. The van der Waals surface area contributed by atoms with Crippen LogP contribution in [0.1, 0.15) is 16.7 Å². The quantitative estimate of drug-likeness (QED) is 0.285. The maximum absolute atomic E-state index is 13.2. The summed E-state index contributed by atoms with van der Waals surface area (Å²) in [5, 5.41) is 3.26. The zero-order chi connectivity index (χ0) is 23.7. The number of nitrogens with zero attached hydrogens (tertiary/aromatic N) is 1. The molecule has 1 aliphatic rings. The van der Waals surface area contributed by atoms with Gasteiger partial charge in [-0.25, -0.2) is 9.69 Å². The van der Waals surface area contributed by atoms with E-state index in [1.165, 1.54) is 24.3 Å². The van der Waals surface area contributed by atoms with E-state index >= 15 is 0 Å². The van der Waals surface area contributed by atoms with Crippen LogP contribution in [0, 0.1) is 0 Å². The van der Waals surface area contributed by atoms with Gasteiger partial charge < -0.3 is 0 Å². The van der Waals surface area contributed by atoms with E-state index in [9.17, 15) is 14.4 Å². The standard InChI is InChI=1S/C24H14BrCl3N2O3/c25-16-6-5-13(9-14-3-1-2-4-19(14)26)15(10-16)11-18-22(31)29-24(33)30(23(18)32)17-7-8-20(27)21(28)12-17/h1-8,10-12H,9H2,(H,29,31,33)/b18-11+. The number of nitrogens with one attached hydrogen (secondary N) is 1. The number of carbonyl (C=O) groups is 3. The summed E-state index contributed by atoms with van der Waals surface area (Å²) in [6.07, 6.45) is 1.95. The lowest BCUT2D eigenvalue weighted by Crippen LogP contribution is -2.54. The van der Waals surface area contributed by atoms with Gasteiger partial charge in [-0.2, -0.15) is 0 Å². The van der Waals surface area contributed by atoms with E-state index in [0.717, 1.165) is 20.5 Å². The van der Waals surface area contributed by atoms with Crippen LogP contribution in [0.5, 0.6) is 0 Å². The summed E-state index contributed by atoms with van der Waals surface area (Å²) in [5.41, 5.74) is 2.37. The number of halogens is 4. The molecule has 1 fully saturated rings. The number of barbiturate groups is 1. The van der Waals surface area contributed by atoms with Gasteiger partial charge in [-0.3, -0.25) is 14.9 Å². The van der Waals surface area contributed by atoms with Crippen LogP contribution < -0.4 is 10.2 Å². The molecule has 0 radical (unpaired) electrons. The van der Waals surface area contributed by atoms with Gasteiger partial charge in [-0.15, -0.1) is 0 Å². The van der Waals surface area contributed by atoms with Gasteiger partial charge >= 0.3 is 6.03 Å². The summed E-state index contributed by atoms with van der Waals surface area (Å²) in [7, 11) is 0. The highest BCUT2D eigenvalue weighted by Gasteiger charge is 2.37. The van der Waals surface area contributed by atoms with Gasteiger partial charge in [0.25, 0.3) is 11.8 Å². The number of amides is 4. The summed E-state index contributed by atoms with van der Waals surface area (Å²) in [6, 6.07) is 16.4. The largest absolute Gasteiger partial charge is 0.335 e. The Morgan fingerprint density at radius 3 is 2.33 bits per heavy atom. The van der Waals surface area contributed by atoms with Gasteiger partial charge in [0.15, 0.2) is 0 Å². The van der Waals surface area contributed by atoms with Crippen LogP contribution in [-0.4, -0.2) is 17.8 Å². The first-order valence-electron chi connectivity index (χ1n) is 9.63. The van der Waals surface area contributed by atoms with Crippen molar-refractivity contribution in [3.8, 4) is 0 Å². The second-order valence-electron chi connectivity index (χ2n) is 7.17. The molecule has 4 rings (SSSR count). The molecule has 166 valence electrons. The molecule has 0 spiro atoms. The van der Waals surface area contributed by atoms with Crippen molar-refractivity contribution in [2.24, 2.45) is 0 Å². The minimum absolute atomic E-state index is 0.172. The van der Waals surface area contributed by atoms with Crippen LogP contribution >= 0.6 is 50.7 Å². The van der Waals surface area contributed by atoms with E-state index in [-0.39, 0.29) is 21.3 Å². The molecular weight excluding hydrogens is 551 g/mol. The van der Waals surface area contributed by atoms with E-state index < -0.39 is 17.8 Å². The van der Waals surface area contributed by atoms with Crippen LogP contribution in [0.25, 0.3) is 6.08 Å². The predicted molar refractivity (Wildman–Crippen MR) is 134 cm³/mol. The molecule has 1 saturated heterocycles. The highest BCUT2D eigenvalue weighted by Crippen LogP contribution is 2.30. The monoisotopic (exact) mass is 562 g/mol. The number of urea groups is 1. The number of imide groups is 2. The molecule has 0 bridgehead atoms. The molecule has 0 aliphatic carbocycles. The van der Waals surface area contributed by atoms with Gasteiger partial charge in [-0.05, 0) is 65.6 Å². The van der Waals surface area contributed by atoms with Crippen LogP contribution in [0.15, 0.2) is 70.7 Å². The lowest BCUT2D eigenvalue weighted by molar-refractivity contribution is -0.122. The summed E-state index contributed by atoms with van der Waals surface area (Å²) in [5.74, 6) is -1.56. The Morgan fingerprint density at radius 2 is 1.61 bits per heavy atom. The second kappa shape index (κ2) is 9.69. The lowest BCUT2D eigenvalue weighted by atomic mass is 9.97. The second-order valence-corrected chi connectivity index (χ2v) is 9.30. The maximum atomic E-state index is 13.2. The van der Waals surface area contributed by atoms with Crippen molar-refractivity contribution in [2.75, 3.05) is 4.90 Å². The highest BCUT2D eigenvalue weighted by molar-refractivity contribution is 9.10. The lowest BCUT2D eigenvalue weighted by Gasteiger charge is -2.26. The third-order valence-corrected chi connectivity index (χ3v) is 6.61. The Labute approximate surface area is 213 Å². The Kier molecular flexibility index (Phi) is 6.91. The van der Waals surface area contributed by atoms with Crippen molar-refractivity contribution in [3.63, 3.8) is 0 Å². The molecule has 0 saturated carbocycles. The molecular formula is C24H14BrCl3N2O3. The average Bonchev–Trinajstić information content (AvgIpc) is 2.76. The minimum atomic E-state index is -0.869. The zero-order valence-corrected chi connectivity index (χ0v) is 20.6. The number of rotatable bonds is 4. The Hall–Kier alpha value is -2.64. The van der Waals surface area contributed by atoms with E-state index in [1.807, 2.05) is 30.3 Å². The molecule has 1 aliphatic heterocycles. The van der Waals surface area contributed by atoms with Gasteiger partial charge in [0.2, 0.25) is 0 Å². The fourth-order valence-corrected chi connectivity index (χ4v) is 4.25. The topological polar surface area (TPSA) is 66.5 Å². The summed E-state index contributed by atoms with van der Waals surface area (Å²) in [6.45, 7) is 0.